The Hall–Kier alpha value is -3.00. The number of phenolic OH excluding ortho intramolecular Hbond substituents is 1. The van der Waals surface area contributed by atoms with Gasteiger partial charge in [0.05, 0.1) is 13.3 Å². The highest BCUT2D eigenvalue weighted by Gasteiger charge is 2.08. The van der Waals surface area contributed by atoms with Crippen molar-refractivity contribution in [2.45, 2.75) is 31.7 Å². The minimum absolute atomic E-state index is 0.115. The van der Waals surface area contributed by atoms with Crippen LogP contribution < -0.4 is 10.2 Å². The van der Waals surface area contributed by atoms with E-state index in [2.05, 4.69) is 58.6 Å². The van der Waals surface area contributed by atoms with Gasteiger partial charge >= 0.3 is 0 Å². The van der Waals surface area contributed by atoms with Crippen molar-refractivity contribution >= 4 is 23.9 Å². The van der Waals surface area contributed by atoms with E-state index in [1.165, 1.54) is 28.5 Å². The molecule has 0 fully saturated rings. The quantitative estimate of drug-likeness (QED) is 0.314. The highest BCUT2D eigenvalue weighted by molar-refractivity contribution is 7.98. The van der Waals surface area contributed by atoms with Crippen molar-refractivity contribution in [1.29, 1.82) is 0 Å². The second-order valence-electron chi connectivity index (χ2n) is 6.43. The molecule has 3 rings (SSSR count). The van der Waals surface area contributed by atoms with Crippen LogP contribution in [0.15, 0.2) is 40.6 Å². The largest absolute Gasteiger partial charge is 0.507 e. The first-order valence-corrected chi connectivity index (χ1v) is 9.73. The lowest BCUT2D eigenvalue weighted by Gasteiger charge is -2.09. The van der Waals surface area contributed by atoms with E-state index in [0.29, 0.717) is 22.4 Å². The molecule has 0 spiro atoms. The van der Waals surface area contributed by atoms with Crippen molar-refractivity contribution in [3.63, 3.8) is 0 Å². The zero-order valence-electron chi connectivity index (χ0n) is 16.3. The van der Waals surface area contributed by atoms with E-state index in [-0.39, 0.29) is 5.75 Å². The summed E-state index contributed by atoms with van der Waals surface area (Å²) in [5.41, 5.74) is 8.45. The summed E-state index contributed by atoms with van der Waals surface area (Å²) in [4.78, 5) is 4.37. The number of thioether (sulfide) groups is 1. The Labute approximate surface area is 168 Å². The molecule has 0 radical (unpaired) electrons. The number of hydrogen-bond acceptors (Lipinski definition) is 7. The number of anilines is 1. The summed E-state index contributed by atoms with van der Waals surface area (Å²) < 4.78 is 5.14. The molecule has 0 saturated heterocycles. The summed E-state index contributed by atoms with van der Waals surface area (Å²) >= 11 is 1.56. The molecule has 2 aromatic carbocycles. The topological polar surface area (TPSA) is 95.4 Å². The fraction of sp³-hybridized carbons (Fsp3) is 0.250. The van der Waals surface area contributed by atoms with Crippen molar-refractivity contribution in [1.82, 2.24) is 15.2 Å². The molecule has 0 bridgehead atoms. The van der Waals surface area contributed by atoms with Crippen LogP contribution in [0, 0.1) is 20.8 Å². The number of nitrogens with zero attached hydrogens (tertiary/aromatic N) is 3. The Kier molecular flexibility index (Phi) is 6.20. The Morgan fingerprint density at radius 1 is 1.21 bits per heavy atom. The standard InChI is InChI=1S/C20H23N5O2S/c1-12-7-13(2)17(14(3)8-12)11-28-20-22-19(24-25-20)23-21-10-15-9-16(27-4)5-6-18(15)26/h5-10,26H,11H2,1-4H3,(H2,22,23,24,25)/b21-10+. The van der Waals surface area contributed by atoms with Crippen LogP contribution in [0.1, 0.15) is 27.8 Å². The molecule has 3 aromatic rings. The van der Waals surface area contributed by atoms with Crippen molar-refractivity contribution < 1.29 is 9.84 Å². The zero-order chi connectivity index (χ0) is 20.1. The van der Waals surface area contributed by atoms with Crippen LogP contribution in [-0.2, 0) is 5.75 Å². The van der Waals surface area contributed by atoms with Gasteiger partial charge in [-0.3, -0.25) is 0 Å². The monoisotopic (exact) mass is 397 g/mol. The summed E-state index contributed by atoms with van der Waals surface area (Å²) in [7, 11) is 1.57. The van der Waals surface area contributed by atoms with E-state index >= 15 is 0 Å². The number of rotatable bonds is 7. The predicted octanol–water partition coefficient (Wildman–Crippen LogP) is 4.18. The Bertz CT molecular complexity index is 977. The van der Waals surface area contributed by atoms with E-state index < -0.39 is 0 Å². The van der Waals surface area contributed by atoms with Gasteiger partial charge in [0.15, 0.2) is 0 Å². The number of methoxy groups -OCH3 is 1. The van der Waals surface area contributed by atoms with Crippen LogP contribution in [0.4, 0.5) is 5.95 Å². The fourth-order valence-electron chi connectivity index (χ4n) is 2.86. The molecule has 0 atom stereocenters. The van der Waals surface area contributed by atoms with Gasteiger partial charge in [0.1, 0.15) is 11.5 Å². The summed E-state index contributed by atoms with van der Waals surface area (Å²) in [6, 6.07) is 9.30. The number of hydrogen-bond donors (Lipinski definition) is 3. The van der Waals surface area contributed by atoms with Crippen LogP contribution in [0.25, 0.3) is 0 Å². The van der Waals surface area contributed by atoms with Crippen molar-refractivity contribution in [3.8, 4) is 11.5 Å². The number of aryl methyl sites for hydroxylation is 3. The molecular formula is C20H23N5O2S. The average molecular weight is 398 g/mol. The van der Waals surface area contributed by atoms with Gasteiger partial charge in [-0.25, -0.2) is 10.5 Å². The maximum absolute atomic E-state index is 9.86. The van der Waals surface area contributed by atoms with Gasteiger partial charge in [0.25, 0.3) is 0 Å². The molecule has 0 aliphatic rings. The number of ether oxygens (including phenoxy) is 1. The van der Waals surface area contributed by atoms with Gasteiger partial charge in [-0.15, -0.1) is 5.10 Å². The first-order valence-electron chi connectivity index (χ1n) is 8.74. The van der Waals surface area contributed by atoms with E-state index in [4.69, 9.17) is 4.74 Å². The number of aromatic amines is 1. The molecule has 7 nitrogen and oxygen atoms in total. The normalized spacial score (nSPS) is 11.1. The molecule has 1 aromatic heterocycles. The molecular weight excluding hydrogens is 374 g/mol. The highest BCUT2D eigenvalue weighted by atomic mass is 32.2. The molecule has 28 heavy (non-hydrogen) atoms. The molecule has 8 heteroatoms. The second kappa shape index (κ2) is 8.79. The number of H-pyrrole nitrogens is 1. The predicted molar refractivity (Wildman–Crippen MR) is 112 cm³/mol. The Morgan fingerprint density at radius 2 is 1.96 bits per heavy atom. The number of nitrogens with one attached hydrogen (secondary N) is 2. The van der Waals surface area contributed by atoms with Gasteiger partial charge in [-0.05, 0) is 55.7 Å². The smallest absolute Gasteiger partial charge is 0.240 e. The lowest BCUT2D eigenvalue weighted by molar-refractivity contribution is 0.412. The molecule has 0 saturated carbocycles. The van der Waals surface area contributed by atoms with Gasteiger partial charge in [-0.1, -0.05) is 29.5 Å². The number of aromatic nitrogens is 3. The first kappa shape index (κ1) is 19.8. The number of aromatic hydroxyl groups is 1. The molecule has 0 aliphatic carbocycles. The second-order valence-corrected chi connectivity index (χ2v) is 7.37. The molecule has 146 valence electrons. The fourth-order valence-corrected chi connectivity index (χ4v) is 3.86. The lowest BCUT2D eigenvalue weighted by Crippen LogP contribution is -1.94. The van der Waals surface area contributed by atoms with Crippen molar-refractivity contribution in [3.05, 3.63) is 58.1 Å². The van der Waals surface area contributed by atoms with Gasteiger partial charge < -0.3 is 9.84 Å². The lowest BCUT2D eigenvalue weighted by atomic mass is 10.0. The minimum Gasteiger partial charge on any atom is -0.507 e. The van der Waals surface area contributed by atoms with Crippen LogP contribution in [0.5, 0.6) is 11.5 Å². The van der Waals surface area contributed by atoms with E-state index in [9.17, 15) is 5.11 Å². The third-order valence-corrected chi connectivity index (χ3v) is 5.13. The first-order chi connectivity index (χ1) is 13.5. The zero-order valence-corrected chi connectivity index (χ0v) is 17.1. The maximum Gasteiger partial charge on any atom is 0.240 e. The summed E-state index contributed by atoms with van der Waals surface area (Å²) in [6.45, 7) is 6.36. The molecule has 0 aliphatic heterocycles. The van der Waals surface area contributed by atoms with E-state index in [1.807, 2.05) is 0 Å². The average Bonchev–Trinajstić information content (AvgIpc) is 3.10. The number of hydrazone groups is 1. The SMILES string of the molecule is COc1ccc(O)c(/C=N/Nc2nc(SCc3c(C)cc(C)cc3C)n[nH]2)c1. The van der Waals surface area contributed by atoms with Gasteiger partial charge in [0, 0.05) is 11.3 Å². The van der Waals surface area contributed by atoms with Crippen LogP contribution >= 0.6 is 11.8 Å². The molecule has 0 unspecified atom stereocenters. The summed E-state index contributed by atoms with van der Waals surface area (Å²) in [6.07, 6.45) is 1.49. The summed E-state index contributed by atoms with van der Waals surface area (Å²) in [5, 5.41) is 21.6. The van der Waals surface area contributed by atoms with Crippen molar-refractivity contribution in [2.75, 3.05) is 12.5 Å². The number of benzene rings is 2. The van der Waals surface area contributed by atoms with Crippen LogP contribution in [-0.4, -0.2) is 33.6 Å². The van der Waals surface area contributed by atoms with Gasteiger partial charge in [-0.2, -0.15) is 10.1 Å². The third kappa shape index (κ3) is 4.83. The van der Waals surface area contributed by atoms with E-state index in [0.717, 1.165) is 5.75 Å². The van der Waals surface area contributed by atoms with Crippen molar-refractivity contribution in [2.24, 2.45) is 5.10 Å². The van der Waals surface area contributed by atoms with Gasteiger partial charge in [0.2, 0.25) is 11.1 Å². The number of phenols is 1. The maximum atomic E-state index is 9.86. The van der Waals surface area contributed by atoms with E-state index in [1.54, 1.807) is 37.1 Å². The minimum atomic E-state index is 0.115. The van der Waals surface area contributed by atoms with Crippen LogP contribution in [0.3, 0.4) is 0 Å². The van der Waals surface area contributed by atoms with Crippen LogP contribution in [0.2, 0.25) is 0 Å². The molecule has 0 amide bonds. The Morgan fingerprint density at radius 3 is 2.68 bits per heavy atom. The highest BCUT2D eigenvalue weighted by Crippen LogP contribution is 2.25. The molecule has 1 heterocycles. The third-order valence-electron chi connectivity index (χ3n) is 4.26. The Balaban J connectivity index is 1.60. The summed E-state index contributed by atoms with van der Waals surface area (Å²) in [5.74, 6) is 1.98. The molecule has 3 N–H and O–H groups in total.